The van der Waals surface area contributed by atoms with Crippen molar-refractivity contribution in [3.05, 3.63) is 33.3 Å². The molecule has 0 heterocycles. The normalized spacial score (nSPS) is 10.5. The third kappa shape index (κ3) is 2.47. The number of carbonyl (C=O) groups is 2. The van der Waals surface area contributed by atoms with Crippen LogP contribution in [0.25, 0.3) is 0 Å². The van der Waals surface area contributed by atoms with Crippen LogP contribution in [-0.2, 0) is 0 Å². The summed E-state index contributed by atoms with van der Waals surface area (Å²) < 4.78 is 25.7. The third-order valence-corrected chi connectivity index (χ3v) is 2.36. The van der Waals surface area contributed by atoms with Crippen molar-refractivity contribution in [3.63, 3.8) is 0 Å². The molecule has 0 unspecified atom stereocenters. The fraction of sp³-hybridized carbons (Fsp3) is 0.200. The van der Waals surface area contributed by atoms with E-state index in [2.05, 4.69) is 15.9 Å². The van der Waals surface area contributed by atoms with E-state index < -0.39 is 17.8 Å². The number of aldehydes is 1. The molecule has 1 aromatic rings. The van der Waals surface area contributed by atoms with E-state index in [4.69, 9.17) is 0 Å². The van der Waals surface area contributed by atoms with E-state index in [9.17, 15) is 18.4 Å². The van der Waals surface area contributed by atoms with Crippen LogP contribution in [0.5, 0.6) is 0 Å². The zero-order valence-electron chi connectivity index (χ0n) is 7.76. The summed E-state index contributed by atoms with van der Waals surface area (Å²) in [7, 11) is 0. The average molecular weight is 277 g/mol. The number of carbonyl (C=O) groups excluding carboxylic acids is 2. The van der Waals surface area contributed by atoms with Crippen molar-refractivity contribution in [2.45, 2.75) is 13.3 Å². The summed E-state index contributed by atoms with van der Waals surface area (Å²) in [6, 6.07) is 2.55. The van der Waals surface area contributed by atoms with Gasteiger partial charge in [0.2, 0.25) is 0 Å². The Balaban J connectivity index is 3.54. The Morgan fingerprint density at radius 2 is 2.07 bits per heavy atom. The summed E-state index contributed by atoms with van der Waals surface area (Å²) in [5.41, 5.74) is -0.785. The summed E-state index contributed by atoms with van der Waals surface area (Å²) in [5.74, 6) is -0.491. The number of ketones is 1. The Bertz CT molecular complexity index is 416. The fourth-order valence-corrected chi connectivity index (χ4v) is 1.75. The molecule has 0 spiro atoms. The zero-order chi connectivity index (χ0) is 11.6. The molecule has 0 N–H and O–H groups in total. The van der Waals surface area contributed by atoms with Crippen LogP contribution in [0, 0.1) is 0 Å². The maximum absolute atomic E-state index is 12.6. The Hall–Kier alpha value is -1.10. The number of halogens is 3. The first-order chi connectivity index (χ1) is 6.97. The number of Topliss-reactive ketones (excluding diaryl/α,β-unsaturated/α-hetero) is 1. The largest absolute Gasteiger partial charge is 0.298 e. The van der Waals surface area contributed by atoms with Crippen molar-refractivity contribution < 1.29 is 18.4 Å². The van der Waals surface area contributed by atoms with Crippen molar-refractivity contribution >= 4 is 28.0 Å². The first-order valence-corrected chi connectivity index (χ1v) is 4.84. The summed E-state index contributed by atoms with van der Waals surface area (Å²) in [5, 5.41) is 0. The molecule has 0 radical (unpaired) electrons. The van der Waals surface area contributed by atoms with Crippen LogP contribution in [0.4, 0.5) is 8.78 Å². The molecular formula is C10H7BrF2O2. The Morgan fingerprint density at radius 1 is 1.47 bits per heavy atom. The topological polar surface area (TPSA) is 34.1 Å². The number of benzene rings is 1. The van der Waals surface area contributed by atoms with Crippen LogP contribution in [0.3, 0.4) is 0 Å². The molecule has 0 aliphatic carbocycles. The van der Waals surface area contributed by atoms with Crippen LogP contribution in [0.2, 0.25) is 0 Å². The van der Waals surface area contributed by atoms with Gasteiger partial charge in [-0.25, -0.2) is 8.78 Å². The van der Waals surface area contributed by atoms with Gasteiger partial charge in [0.1, 0.15) is 0 Å². The molecule has 1 aromatic carbocycles. The molecule has 0 aliphatic rings. The van der Waals surface area contributed by atoms with Crippen molar-refractivity contribution in [1.29, 1.82) is 0 Å². The Kier molecular flexibility index (Phi) is 3.68. The number of alkyl halides is 2. The standard InChI is InChI=1S/C10H7BrF2O2/c1-5(15)8-3-7(11)2-6(4-14)9(8)10(12)13/h2-4,10H,1H3. The highest BCUT2D eigenvalue weighted by atomic mass is 79.9. The molecule has 2 nitrogen and oxygen atoms in total. The van der Waals surface area contributed by atoms with E-state index in [1.807, 2.05) is 0 Å². The molecule has 15 heavy (non-hydrogen) atoms. The fourth-order valence-electron chi connectivity index (χ4n) is 1.27. The van der Waals surface area contributed by atoms with Crippen LogP contribution >= 0.6 is 15.9 Å². The molecule has 80 valence electrons. The van der Waals surface area contributed by atoms with E-state index in [1.54, 1.807) is 0 Å². The second kappa shape index (κ2) is 4.61. The zero-order valence-corrected chi connectivity index (χ0v) is 9.35. The predicted molar refractivity (Wildman–Crippen MR) is 54.5 cm³/mol. The van der Waals surface area contributed by atoms with Crippen LogP contribution < -0.4 is 0 Å². The maximum atomic E-state index is 12.6. The quantitative estimate of drug-likeness (QED) is 0.626. The molecule has 0 fully saturated rings. The molecular weight excluding hydrogens is 270 g/mol. The first-order valence-electron chi connectivity index (χ1n) is 4.05. The third-order valence-electron chi connectivity index (χ3n) is 1.90. The summed E-state index contributed by atoms with van der Waals surface area (Å²) in [6.07, 6.45) is -2.52. The molecule has 0 amide bonds. The molecule has 0 aromatic heterocycles. The SMILES string of the molecule is CC(=O)c1cc(Br)cc(C=O)c1C(F)F. The van der Waals surface area contributed by atoms with Crippen LogP contribution in [-0.4, -0.2) is 12.1 Å². The second-order valence-corrected chi connectivity index (χ2v) is 3.85. The number of hydrogen-bond donors (Lipinski definition) is 0. The van der Waals surface area contributed by atoms with Crippen molar-refractivity contribution in [3.8, 4) is 0 Å². The van der Waals surface area contributed by atoms with Gasteiger partial charge in [0.05, 0.1) is 0 Å². The molecule has 5 heteroatoms. The molecule has 0 saturated carbocycles. The lowest BCUT2D eigenvalue weighted by atomic mass is 9.99. The highest BCUT2D eigenvalue weighted by Gasteiger charge is 2.20. The van der Waals surface area contributed by atoms with Gasteiger partial charge in [-0.1, -0.05) is 15.9 Å². The van der Waals surface area contributed by atoms with Gasteiger partial charge in [0.25, 0.3) is 6.43 Å². The van der Waals surface area contributed by atoms with Gasteiger partial charge in [-0.3, -0.25) is 9.59 Å². The minimum Gasteiger partial charge on any atom is -0.298 e. The van der Waals surface area contributed by atoms with E-state index in [-0.39, 0.29) is 11.1 Å². The van der Waals surface area contributed by atoms with Gasteiger partial charge in [-0.2, -0.15) is 0 Å². The summed E-state index contributed by atoms with van der Waals surface area (Å²) in [4.78, 5) is 21.7. The van der Waals surface area contributed by atoms with E-state index >= 15 is 0 Å². The van der Waals surface area contributed by atoms with Gasteiger partial charge in [0.15, 0.2) is 12.1 Å². The monoisotopic (exact) mass is 276 g/mol. The van der Waals surface area contributed by atoms with Crippen LogP contribution in [0.1, 0.15) is 39.6 Å². The highest BCUT2D eigenvalue weighted by molar-refractivity contribution is 9.10. The summed E-state index contributed by atoms with van der Waals surface area (Å²) in [6.45, 7) is 1.18. The van der Waals surface area contributed by atoms with Gasteiger partial charge >= 0.3 is 0 Å². The Morgan fingerprint density at radius 3 is 2.47 bits per heavy atom. The number of hydrogen-bond acceptors (Lipinski definition) is 2. The van der Waals surface area contributed by atoms with Gasteiger partial charge < -0.3 is 0 Å². The molecule has 0 atom stereocenters. The minimum atomic E-state index is -2.84. The highest BCUT2D eigenvalue weighted by Crippen LogP contribution is 2.29. The van der Waals surface area contributed by atoms with Crippen LogP contribution in [0.15, 0.2) is 16.6 Å². The average Bonchev–Trinajstić information content (AvgIpc) is 2.15. The first kappa shape index (κ1) is 12.0. The number of rotatable bonds is 3. The van der Waals surface area contributed by atoms with Gasteiger partial charge in [-0.05, 0) is 19.1 Å². The van der Waals surface area contributed by atoms with E-state index in [0.29, 0.717) is 10.8 Å². The summed E-state index contributed by atoms with van der Waals surface area (Å²) >= 11 is 3.05. The minimum absolute atomic E-state index is 0.124. The molecule has 1 rings (SSSR count). The van der Waals surface area contributed by atoms with Crippen molar-refractivity contribution in [2.24, 2.45) is 0 Å². The van der Waals surface area contributed by atoms with Crippen molar-refractivity contribution in [2.75, 3.05) is 0 Å². The lowest BCUT2D eigenvalue weighted by Gasteiger charge is -2.09. The molecule has 0 bridgehead atoms. The second-order valence-electron chi connectivity index (χ2n) is 2.93. The smallest absolute Gasteiger partial charge is 0.265 e. The molecule has 0 aliphatic heterocycles. The Labute approximate surface area is 93.4 Å². The van der Waals surface area contributed by atoms with E-state index in [1.165, 1.54) is 19.1 Å². The molecule has 0 saturated heterocycles. The lowest BCUT2D eigenvalue weighted by Crippen LogP contribution is -2.04. The van der Waals surface area contributed by atoms with Crippen molar-refractivity contribution in [1.82, 2.24) is 0 Å². The van der Waals surface area contributed by atoms with E-state index in [0.717, 1.165) is 0 Å². The van der Waals surface area contributed by atoms with Gasteiger partial charge in [0, 0.05) is 21.2 Å². The lowest BCUT2D eigenvalue weighted by molar-refractivity contribution is 0.0997. The predicted octanol–water partition coefficient (Wildman–Crippen LogP) is 3.40. The van der Waals surface area contributed by atoms with Gasteiger partial charge in [-0.15, -0.1) is 0 Å². The maximum Gasteiger partial charge on any atom is 0.265 e.